The van der Waals surface area contributed by atoms with Crippen LogP contribution in [0.5, 0.6) is 0 Å². The van der Waals surface area contributed by atoms with E-state index in [0.717, 1.165) is 4.90 Å². The van der Waals surface area contributed by atoms with Crippen molar-refractivity contribution >= 4 is 23.8 Å². The topological polar surface area (TPSA) is 142 Å². The number of nitrogens with two attached hydrogens (primary N) is 1. The molecule has 1 rings (SSSR count). The normalized spacial score (nSPS) is 18.3. The Labute approximate surface area is 109 Å². The number of primary amides is 1. The smallest absolute Gasteiger partial charge is 0.323 e. The van der Waals surface area contributed by atoms with Gasteiger partial charge in [0.25, 0.3) is 0 Å². The molecule has 19 heavy (non-hydrogen) atoms. The second-order valence-corrected chi connectivity index (χ2v) is 4.21. The van der Waals surface area contributed by atoms with E-state index in [2.05, 4.69) is 10.6 Å². The Balaban J connectivity index is 2.53. The molecule has 4 amide bonds. The molecule has 0 aromatic carbocycles. The zero-order chi connectivity index (χ0) is 14.4. The van der Waals surface area contributed by atoms with Gasteiger partial charge in [-0.15, -0.1) is 0 Å². The molecular formula is C10H16N4O5. The highest BCUT2D eigenvalue weighted by atomic mass is 16.4. The summed E-state index contributed by atoms with van der Waals surface area (Å²) in [6, 6.07) is -0.975. The zero-order valence-corrected chi connectivity index (χ0v) is 10.2. The first-order valence-electron chi connectivity index (χ1n) is 5.70. The van der Waals surface area contributed by atoms with Gasteiger partial charge in [0.05, 0.1) is 0 Å². The fraction of sp³-hybridized carbons (Fsp3) is 0.600. The van der Waals surface area contributed by atoms with Gasteiger partial charge in [0.2, 0.25) is 11.8 Å². The van der Waals surface area contributed by atoms with E-state index in [1.165, 1.54) is 0 Å². The minimum Gasteiger partial charge on any atom is -0.480 e. The van der Waals surface area contributed by atoms with Crippen LogP contribution in [-0.2, 0) is 14.4 Å². The quantitative estimate of drug-likeness (QED) is 0.451. The highest BCUT2D eigenvalue weighted by molar-refractivity contribution is 5.86. The number of aliphatic carboxylic acids is 1. The number of rotatable bonds is 5. The van der Waals surface area contributed by atoms with Crippen LogP contribution in [0.2, 0.25) is 0 Å². The van der Waals surface area contributed by atoms with Gasteiger partial charge < -0.3 is 26.4 Å². The summed E-state index contributed by atoms with van der Waals surface area (Å²) >= 11 is 0. The Bertz CT molecular complexity index is 371. The first kappa shape index (κ1) is 14.7. The molecule has 1 fully saturated rings. The number of amides is 4. The molecule has 1 saturated heterocycles. The standard InChI is InChI=1S/C10H16N4O5/c11-7(15)4-14(5-9(17)18)10(19)13-6-1-2-8(16)12-3-6/h6H,1-5H2,(H2,11,15)(H,12,16)(H,13,19)(H,17,18). The third kappa shape index (κ3) is 5.23. The lowest BCUT2D eigenvalue weighted by Gasteiger charge is -2.27. The Morgan fingerprint density at radius 2 is 2.11 bits per heavy atom. The van der Waals surface area contributed by atoms with Crippen molar-refractivity contribution in [3.05, 3.63) is 0 Å². The van der Waals surface area contributed by atoms with Crippen molar-refractivity contribution in [3.63, 3.8) is 0 Å². The molecule has 0 aromatic rings. The van der Waals surface area contributed by atoms with E-state index >= 15 is 0 Å². The van der Waals surface area contributed by atoms with E-state index in [-0.39, 0.29) is 18.5 Å². The Morgan fingerprint density at radius 3 is 2.58 bits per heavy atom. The van der Waals surface area contributed by atoms with Crippen LogP contribution >= 0.6 is 0 Å². The number of carbonyl (C=O) groups is 4. The van der Waals surface area contributed by atoms with Gasteiger partial charge in [-0.2, -0.15) is 0 Å². The molecule has 0 aromatic heterocycles. The van der Waals surface area contributed by atoms with Crippen LogP contribution in [0.1, 0.15) is 12.8 Å². The van der Waals surface area contributed by atoms with Gasteiger partial charge in [-0.3, -0.25) is 14.4 Å². The summed E-state index contributed by atoms with van der Waals surface area (Å²) < 4.78 is 0. The number of carboxylic acids is 1. The number of nitrogens with zero attached hydrogens (tertiary/aromatic N) is 1. The first-order valence-corrected chi connectivity index (χ1v) is 5.70. The minimum atomic E-state index is -1.24. The largest absolute Gasteiger partial charge is 0.480 e. The van der Waals surface area contributed by atoms with Gasteiger partial charge in [-0.1, -0.05) is 0 Å². The highest BCUT2D eigenvalue weighted by Crippen LogP contribution is 2.03. The van der Waals surface area contributed by atoms with Crippen molar-refractivity contribution in [1.82, 2.24) is 15.5 Å². The molecule has 9 nitrogen and oxygen atoms in total. The van der Waals surface area contributed by atoms with Crippen LogP contribution < -0.4 is 16.4 Å². The van der Waals surface area contributed by atoms with Crippen molar-refractivity contribution in [3.8, 4) is 0 Å². The predicted molar refractivity (Wildman–Crippen MR) is 63.0 cm³/mol. The minimum absolute atomic E-state index is 0.0926. The van der Waals surface area contributed by atoms with Crippen LogP contribution in [0.3, 0.4) is 0 Å². The molecule has 0 saturated carbocycles. The molecule has 1 atom stereocenters. The summed E-state index contributed by atoms with van der Waals surface area (Å²) in [6.07, 6.45) is 0.759. The molecule has 1 unspecified atom stereocenters. The molecule has 0 aliphatic carbocycles. The molecule has 106 valence electrons. The summed E-state index contributed by atoms with van der Waals surface area (Å²) in [7, 11) is 0. The molecule has 0 bridgehead atoms. The van der Waals surface area contributed by atoms with Crippen LogP contribution in [0, 0.1) is 0 Å². The Morgan fingerprint density at radius 1 is 1.42 bits per heavy atom. The SMILES string of the molecule is NC(=O)CN(CC(=O)O)C(=O)NC1CCC(=O)NC1. The first-order chi connectivity index (χ1) is 8.88. The third-order valence-corrected chi connectivity index (χ3v) is 2.55. The average Bonchev–Trinajstić information content (AvgIpc) is 2.30. The lowest BCUT2D eigenvalue weighted by atomic mass is 10.1. The maximum absolute atomic E-state index is 11.8. The second kappa shape index (κ2) is 6.57. The molecule has 0 radical (unpaired) electrons. The van der Waals surface area contributed by atoms with E-state index in [1.54, 1.807) is 0 Å². The number of carbonyl (C=O) groups excluding carboxylic acids is 3. The third-order valence-electron chi connectivity index (χ3n) is 2.55. The van der Waals surface area contributed by atoms with E-state index in [9.17, 15) is 19.2 Å². The molecule has 0 spiro atoms. The van der Waals surface area contributed by atoms with Gasteiger partial charge >= 0.3 is 12.0 Å². The van der Waals surface area contributed by atoms with Gasteiger partial charge in [0.1, 0.15) is 13.1 Å². The summed E-state index contributed by atoms with van der Waals surface area (Å²) in [5.74, 6) is -2.13. The number of urea groups is 1. The summed E-state index contributed by atoms with van der Waals surface area (Å²) in [4.78, 5) is 44.9. The zero-order valence-electron chi connectivity index (χ0n) is 10.2. The number of nitrogens with one attached hydrogen (secondary N) is 2. The van der Waals surface area contributed by atoms with E-state index in [1.807, 2.05) is 0 Å². The van der Waals surface area contributed by atoms with Gasteiger partial charge in [-0.05, 0) is 6.42 Å². The van der Waals surface area contributed by atoms with Crippen molar-refractivity contribution in [2.75, 3.05) is 19.6 Å². The number of carboxylic acid groups (broad SMARTS) is 1. The molecule has 9 heteroatoms. The predicted octanol–water partition coefficient (Wildman–Crippen LogP) is -2.15. The van der Waals surface area contributed by atoms with E-state index < -0.39 is 31.0 Å². The van der Waals surface area contributed by atoms with Gasteiger partial charge in [-0.25, -0.2) is 4.79 Å². The highest BCUT2D eigenvalue weighted by Gasteiger charge is 2.24. The number of hydrogen-bond acceptors (Lipinski definition) is 4. The Kier molecular flexibility index (Phi) is 5.10. The van der Waals surface area contributed by atoms with Gasteiger partial charge in [0, 0.05) is 19.0 Å². The van der Waals surface area contributed by atoms with Crippen LogP contribution in [0.15, 0.2) is 0 Å². The maximum Gasteiger partial charge on any atom is 0.323 e. The lowest BCUT2D eigenvalue weighted by Crippen LogP contribution is -2.53. The van der Waals surface area contributed by atoms with E-state index in [4.69, 9.17) is 10.8 Å². The molecule has 1 aliphatic heterocycles. The van der Waals surface area contributed by atoms with Crippen molar-refractivity contribution in [2.45, 2.75) is 18.9 Å². The van der Waals surface area contributed by atoms with Crippen LogP contribution in [-0.4, -0.2) is 59.5 Å². The summed E-state index contributed by atoms with van der Waals surface area (Å²) in [5, 5.41) is 13.8. The van der Waals surface area contributed by atoms with E-state index in [0.29, 0.717) is 12.8 Å². The van der Waals surface area contributed by atoms with Crippen LogP contribution in [0.4, 0.5) is 4.79 Å². The fourth-order valence-corrected chi connectivity index (χ4v) is 1.67. The Hall–Kier alpha value is -2.32. The molecular weight excluding hydrogens is 256 g/mol. The molecule has 5 N–H and O–H groups in total. The summed E-state index contributed by atoms with van der Waals surface area (Å²) in [6.45, 7) is -0.812. The molecule has 1 heterocycles. The van der Waals surface area contributed by atoms with Gasteiger partial charge in [0.15, 0.2) is 0 Å². The number of hydrogen-bond donors (Lipinski definition) is 4. The second-order valence-electron chi connectivity index (χ2n) is 4.21. The fourth-order valence-electron chi connectivity index (χ4n) is 1.67. The van der Waals surface area contributed by atoms with Crippen molar-refractivity contribution in [2.24, 2.45) is 5.73 Å². The summed E-state index contributed by atoms with van der Waals surface area (Å²) in [5.41, 5.74) is 4.95. The lowest BCUT2D eigenvalue weighted by molar-refractivity contribution is -0.137. The average molecular weight is 272 g/mol. The monoisotopic (exact) mass is 272 g/mol. The van der Waals surface area contributed by atoms with Crippen molar-refractivity contribution < 1.29 is 24.3 Å². The van der Waals surface area contributed by atoms with Crippen molar-refractivity contribution in [1.29, 1.82) is 0 Å². The van der Waals surface area contributed by atoms with Crippen LogP contribution in [0.25, 0.3) is 0 Å². The number of piperidine rings is 1. The molecule has 1 aliphatic rings. The maximum atomic E-state index is 11.8.